The second-order valence-corrected chi connectivity index (χ2v) is 10.2. The predicted molar refractivity (Wildman–Crippen MR) is 94.3 cm³/mol. The van der Waals surface area contributed by atoms with Crippen LogP contribution in [0.25, 0.3) is 0 Å². The van der Waals surface area contributed by atoms with E-state index in [9.17, 15) is 0 Å². The van der Waals surface area contributed by atoms with Gasteiger partial charge in [-0.1, -0.05) is 0 Å². The van der Waals surface area contributed by atoms with E-state index in [1.807, 2.05) is 0 Å². The minimum atomic E-state index is -0.812. The van der Waals surface area contributed by atoms with Crippen LogP contribution in [-0.2, 0) is 0 Å². The van der Waals surface area contributed by atoms with Gasteiger partial charge in [0.05, 0.1) is 0 Å². The van der Waals surface area contributed by atoms with E-state index in [0.29, 0.717) is 0 Å². The van der Waals surface area contributed by atoms with Gasteiger partial charge in [-0.05, 0) is 0 Å². The maximum absolute atomic E-state index is 2.65. The summed E-state index contributed by atoms with van der Waals surface area (Å²) in [6, 6.07) is 0. The van der Waals surface area contributed by atoms with Gasteiger partial charge < -0.3 is 0 Å². The first-order chi connectivity index (χ1) is 6.68. The Labute approximate surface area is 119 Å². The molecule has 0 aliphatic heterocycles. The molecule has 0 aliphatic rings. The molecule has 0 saturated heterocycles. The fourth-order valence-electron chi connectivity index (χ4n) is 2.19. The van der Waals surface area contributed by atoms with Crippen LogP contribution in [0.5, 0.6) is 0 Å². The maximum atomic E-state index is 2.65. The second-order valence-electron chi connectivity index (χ2n) is 5.12. The van der Waals surface area contributed by atoms with E-state index >= 15 is 0 Å². The van der Waals surface area contributed by atoms with Gasteiger partial charge in [-0.2, -0.15) is 27.0 Å². The van der Waals surface area contributed by atoms with Crippen LogP contribution in [0.2, 0.25) is 0 Å². The van der Waals surface area contributed by atoms with Crippen LogP contribution in [0.1, 0.15) is 59.3 Å². The molecule has 0 fully saturated rings. The molecule has 0 aromatic rings. The van der Waals surface area contributed by atoms with Crippen molar-refractivity contribution in [2.75, 3.05) is 25.2 Å². The molecular formula is C13H35PS2. The zero-order chi connectivity index (χ0) is 10.9. The summed E-state index contributed by atoms with van der Waals surface area (Å²) in [5, 5.41) is 0. The molecule has 0 N–H and O–H groups in total. The zero-order valence-corrected chi connectivity index (χ0v) is 14.9. The third-order valence-electron chi connectivity index (χ3n) is 3.40. The molecule has 0 amide bonds. The average Bonchev–Trinajstić information content (AvgIpc) is 2.21. The monoisotopic (exact) mass is 286 g/mol. The molecule has 0 saturated carbocycles. The van der Waals surface area contributed by atoms with E-state index in [0.717, 1.165) is 0 Å². The number of unbranched alkanes of at least 4 members (excludes halogenated alkanes) is 3. The maximum Gasteiger partial charge on any atom is -0.197 e. The summed E-state index contributed by atoms with van der Waals surface area (Å²) in [5.41, 5.74) is 0. The summed E-state index contributed by atoms with van der Waals surface area (Å²) in [5.74, 6) is 0. The van der Waals surface area contributed by atoms with Crippen LogP contribution in [0.3, 0.4) is 0 Å². The molecule has 0 rings (SSSR count). The Bertz CT molecular complexity index is 107. The van der Waals surface area contributed by atoms with Gasteiger partial charge in [-0.3, -0.25) is 0 Å². The minimum absolute atomic E-state index is 0. The molecule has 0 heterocycles. The van der Waals surface area contributed by atoms with Gasteiger partial charge in [0.15, 0.2) is 0 Å². The summed E-state index contributed by atoms with van der Waals surface area (Å²) in [6.07, 6.45) is 13.4. The van der Waals surface area contributed by atoms with Gasteiger partial charge >= 0.3 is 91.7 Å². The zero-order valence-electron chi connectivity index (χ0n) is 11.9. The van der Waals surface area contributed by atoms with Crippen LogP contribution < -0.4 is 0 Å². The Balaban J connectivity index is -0.000000845. The van der Waals surface area contributed by atoms with Crippen molar-refractivity contribution in [2.24, 2.45) is 0 Å². The second kappa shape index (κ2) is 14.2. The summed E-state index contributed by atoms with van der Waals surface area (Å²) in [4.78, 5) is 0. The Hall–Kier alpha value is 1.13. The first-order valence-electron chi connectivity index (χ1n) is 6.68. The standard InChI is InChI=1S/C13H31P.2H2S/c1-5-8-11-14(4,12-9-6-2)13-10-7-3;;/h14H,5-13H2,1-4H3;2*1H2. The van der Waals surface area contributed by atoms with E-state index in [-0.39, 0.29) is 27.0 Å². The molecule has 16 heavy (non-hydrogen) atoms. The van der Waals surface area contributed by atoms with Crippen LogP contribution in [0.4, 0.5) is 0 Å². The molecule has 0 aromatic carbocycles. The molecule has 0 aromatic heterocycles. The van der Waals surface area contributed by atoms with Gasteiger partial charge in [0.1, 0.15) is 0 Å². The topological polar surface area (TPSA) is 0 Å². The number of hydrogen-bond donors (Lipinski definition) is 0. The Kier molecular flexibility index (Phi) is 19.8. The summed E-state index contributed by atoms with van der Waals surface area (Å²) < 4.78 is 0. The SMILES string of the molecule is CCCC[PH](C)(CCCC)CCCC.S.S. The third kappa shape index (κ3) is 11.6. The van der Waals surface area contributed by atoms with Crippen LogP contribution in [-0.4, -0.2) is 25.2 Å². The summed E-state index contributed by atoms with van der Waals surface area (Å²) in [6.45, 7) is 9.63. The van der Waals surface area contributed by atoms with Crippen LogP contribution in [0.15, 0.2) is 0 Å². The molecule has 104 valence electrons. The first-order valence-corrected chi connectivity index (χ1v) is 9.80. The summed E-state index contributed by atoms with van der Waals surface area (Å²) >= 11 is 0. The summed E-state index contributed by atoms with van der Waals surface area (Å²) in [7, 11) is -0.812. The molecule has 0 bridgehead atoms. The van der Waals surface area contributed by atoms with Gasteiger partial charge in [0, 0.05) is 0 Å². The van der Waals surface area contributed by atoms with Crippen molar-refractivity contribution in [3.05, 3.63) is 0 Å². The predicted octanol–water partition coefficient (Wildman–Crippen LogP) is 4.99. The normalized spacial score (nSPS) is 11.5. The minimum Gasteiger partial charge on any atom is -0.197 e. The fraction of sp³-hybridized carbons (Fsp3) is 1.00. The first kappa shape index (κ1) is 22.3. The molecule has 3 heteroatoms. The van der Waals surface area contributed by atoms with Crippen molar-refractivity contribution in [1.82, 2.24) is 0 Å². The van der Waals surface area contributed by atoms with Crippen molar-refractivity contribution >= 4 is 34.3 Å². The van der Waals surface area contributed by atoms with Crippen molar-refractivity contribution in [1.29, 1.82) is 0 Å². The molecule has 0 unspecified atom stereocenters. The fourth-order valence-corrected chi connectivity index (χ4v) is 6.56. The van der Waals surface area contributed by atoms with Crippen molar-refractivity contribution in [3.63, 3.8) is 0 Å². The Morgan fingerprint density at radius 3 is 1.06 bits per heavy atom. The molecule has 0 aliphatic carbocycles. The van der Waals surface area contributed by atoms with E-state index in [1.54, 1.807) is 18.5 Å². The average molecular weight is 287 g/mol. The molecule has 0 spiro atoms. The number of hydrogen-bond acceptors (Lipinski definition) is 0. The van der Waals surface area contributed by atoms with E-state index in [4.69, 9.17) is 0 Å². The van der Waals surface area contributed by atoms with Gasteiger partial charge in [-0.25, -0.2) is 0 Å². The van der Waals surface area contributed by atoms with Crippen LogP contribution >= 0.6 is 34.3 Å². The third-order valence-corrected chi connectivity index (χ3v) is 8.08. The van der Waals surface area contributed by atoms with Crippen molar-refractivity contribution in [3.8, 4) is 0 Å². The van der Waals surface area contributed by atoms with Crippen LogP contribution in [0, 0.1) is 0 Å². The van der Waals surface area contributed by atoms with E-state index in [1.165, 1.54) is 38.5 Å². The van der Waals surface area contributed by atoms with Crippen molar-refractivity contribution in [2.45, 2.75) is 59.3 Å². The quantitative estimate of drug-likeness (QED) is 0.524. The van der Waals surface area contributed by atoms with E-state index in [2.05, 4.69) is 27.4 Å². The van der Waals surface area contributed by atoms with Gasteiger partial charge in [-0.15, -0.1) is 0 Å². The molecule has 0 nitrogen and oxygen atoms in total. The smallest absolute Gasteiger partial charge is 0.197 e. The Morgan fingerprint density at radius 2 is 0.875 bits per heavy atom. The number of rotatable bonds is 9. The van der Waals surface area contributed by atoms with Crippen molar-refractivity contribution < 1.29 is 0 Å². The van der Waals surface area contributed by atoms with E-state index < -0.39 is 7.26 Å². The Morgan fingerprint density at radius 1 is 0.625 bits per heavy atom. The molecule has 0 radical (unpaired) electrons. The van der Waals surface area contributed by atoms with Gasteiger partial charge in [0.2, 0.25) is 0 Å². The largest absolute Gasteiger partial charge is 0.197 e. The molecular weight excluding hydrogens is 251 g/mol. The molecule has 0 atom stereocenters. The van der Waals surface area contributed by atoms with Gasteiger partial charge in [0.25, 0.3) is 0 Å².